The summed E-state index contributed by atoms with van der Waals surface area (Å²) in [4.78, 5) is 2.20. The molecular weight excluding hydrogens is 254 g/mol. The van der Waals surface area contributed by atoms with Gasteiger partial charge in [-0.25, -0.2) is 0 Å². The molecule has 0 spiro atoms. The van der Waals surface area contributed by atoms with Crippen LogP contribution in [0.1, 0.15) is 13.3 Å². The molecule has 15 heavy (non-hydrogen) atoms. The van der Waals surface area contributed by atoms with Crippen LogP contribution in [-0.2, 0) is 4.74 Å². The van der Waals surface area contributed by atoms with Crippen LogP contribution in [0.5, 0.6) is 0 Å². The summed E-state index contributed by atoms with van der Waals surface area (Å²) in [6, 6.07) is 8.31. The quantitative estimate of drug-likeness (QED) is 0.737. The second-order valence-electron chi connectivity index (χ2n) is 3.51. The maximum absolute atomic E-state index is 5.45. The third-order valence-corrected chi connectivity index (χ3v) is 2.72. The average Bonchev–Trinajstić information content (AvgIpc) is 2.25. The van der Waals surface area contributed by atoms with E-state index in [1.807, 2.05) is 0 Å². The van der Waals surface area contributed by atoms with E-state index in [2.05, 4.69) is 59.1 Å². The van der Waals surface area contributed by atoms with Crippen molar-refractivity contribution in [1.82, 2.24) is 0 Å². The van der Waals surface area contributed by atoms with E-state index in [-0.39, 0.29) is 0 Å². The van der Waals surface area contributed by atoms with E-state index in [0.29, 0.717) is 0 Å². The van der Waals surface area contributed by atoms with Crippen LogP contribution in [-0.4, -0.2) is 26.8 Å². The molecule has 0 unspecified atom stereocenters. The first-order valence-corrected chi connectivity index (χ1v) is 6.07. The van der Waals surface area contributed by atoms with Crippen molar-refractivity contribution < 1.29 is 4.74 Å². The molecule has 2 nitrogen and oxygen atoms in total. The molecule has 0 atom stereocenters. The van der Waals surface area contributed by atoms with Crippen molar-refractivity contribution in [2.75, 3.05) is 31.7 Å². The summed E-state index contributed by atoms with van der Waals surface area (Å²) in [7, 11) is 2.08. The zero-order chi connectivity index (χ0) is 11.1. The third kappa shape index (κ3) is 4.67. The van der Waals surface area contributed by atoms with Crippen LogP contribution in [0.4, 0.5) is 5.69 Å². The third-order valence-electron chi connectivity index (χ3n) is 2.19. The molecule has 3 heteroatoms. The SMILES string of the molecule is CCCOCCN(C)c1ccc(Br)cc1. The van der Waals surface area contributed by atoms with Crippen molar-refractivity contribution in [3.8, 4) is 0 Å². The van der Waals surface area contributed by atoms with Crippen LogP contribution < -0.4 is 4.90 Å². The Morgan fingerprint density at radius 1 is 1.20 bits per heavy atom. The largest absolute Gasteiger partial charge is 0.380 e. The van der Waals surface area contributed by atoms with E-state index < -0.39 is 0 Å². The smallest absolute Gasteiger partial charge is 0.0641 e. The van der Waals surface area contributed by atoms with Gasteiger partial charge in [0.15, 0.2) is 0 Å². The number of benzene rings is 1. The fourth-order valence-corrected chi connectivity index (χ4v) is 1.54. The summed E-state index contributed by atoms with van der Waals surface area (Å²) in [6.45, 7) is 4.70. The highest BCUT2D eigenvalue weighted by atomic mass is 79.9. The number of halogens is 1. The monoisotopic (exact) mass is 271 g/mol. The Balaban J connectivity index is 2.33. The first-order valence-electron chi connectivity index (χ1n) is 5.28. The van der Waals surface area contributed by atoms with E-state index in [1.54, 1.807) is 0 Å². The molecule has 84 valence electrons. The van der Waals surface area contributed by atoms with Crippen LogP contribution in [0.25, 0.3) is 0 Å². The van der Waals surface area contributed by atoms with Crippen molar-refractivity contribution in [2.24, 2.45) is 0 Å². The lowest BCUT2D eigenvalue weighted by molar-refractivity contribution is 0.141. The first-order chi connectivity index (χ1) is 7.24. The first kappa shape index (κ1) is 12.5. The van der Waals surface area contributed by atoms with Gasteiger partial charge in [-0.05, 0) is 30.7 Å². The lowest BCUT2D eigenvalue weighted by Crippen LogP contribution is -2.22. The van der Waals surface area contributed by atoms with Crippen LogP contribution in [0.2, 0.25) is 0 Å². The van der Waals surface area contributed by atoms with E-state index in [1.165, 1.54) is 5.69 Å². The molecule has 0 aliphatic carbocycles. The normalized spacial score (nSPS) is 10.3. The summed E-state index contributed by atoms with van der Waals surface area (Å²) in [5, 5.41) is 0. The molecule has 0 amide bonds. The van der Waals surface area contributed by atoms with Gasteiger partial charge in [0, 0.05) is 30.4 Å². The lowest BCUT2D eigenvalue weighted by Gasteiger charge is -2.19. The summed E-state index contributed by atoms with van der Waals surface area (Å²) in [5.74, 6) is 0. The molecule has 1 rings (SSSR count). The second-order valence-corrected chi connectivity index (χ2v) is 4.43. The summed E-state index contributed by atoms with van der Waals surface area (Å²) in [6.07, 6.45) is 1.09. The van der Waals surface area contributed by atoms with E-state index >= 15 is 0 Å². The topological polar surface area (TPSA) is 12.5 Å². The Hall–Kier alpha value is -0.540. The van der Waals surface area contributed by atoms with Crippen molar-refractivity contribution in [3.63, 3.8) is 0 Å². The molecule has 0 heterocycles. The number of ether oxygens (including phenoxy) is 1. The second kappa shape index (κ2) is 6.85. The van der Waals surface area contributed by atoms with Gasteiger partial charge in [-0.15, -0.1) is 0 Å². The molecule has 0 fully saturated rings. The Morgan fingerprint density at radius 3 is 2.47 bits per heavy atom. The maximum Gasteiger partial charge on any atom is 0.0641 e. The number of hydrogen-bond acceptors (Lipinski definition) is 2. The summed E-state index contributed by atoms with van der Waals surface area (Å²) >= 11 is 3.42. The molecule has 0 aliphatic rings. The van der Waals surface area contributed by atoms with Gasteiger partial charge < -0.3 is 9.64 Å². The maximum atomic E-state index is 5.45. The number of nitrogens with zero attached hydrogens (tertiary/aromatic N) is 1. The lowest BCUT2D eigenvalue weighted by atomic mass is 10.3. The number of likely N-dealkylation sites (N-methyl/N-ethyl adjacent to an activating group) is 1. The van der Waals surface area contributed by atoms with Crippen LogP contribution in [0, 0.1) is 0 Å². The number of hydrogen-bond donors (Lipinski definition) is 0. The van der Waals surface area contributed by atoms with Gasteiger partial charge in [-0.3, -0.25) is 0 Å². The molecule has 1 aromatic carbocycles. The van der Waals surface area contributed by atoms with Gasteiger partial charge in [0.05, 0.1) is 6.61 Å². The molecular formula is C12H18BrNO. The van der Waals surface area contributed by atoms with Crippen molar-refractivity contribution in [1.29, 1.82) is 0 Å². The Bertz CT molecular complexity index is 273. The van der Waals surface area contributed by atoms with Gasteiger partial charge in [0.2, 0.25) is 0 Å². The molecule has 0 aliphatic heterocycles. The average molecular weight is 272 g/mol. The zero-order valence-electron chi connectivity index (χ0n) is 9.37. The molecule has 0 bridgehead atoms. The summed E-state index contributed by atoms with van der Waals surface area (Å²) in [5.41, 5.74) is 1.22. The molecule has 0 saturated carbocycles. The molecule has 1 aromatic rings. The van der Waals surface area contributed by atoms with Gasteiger partial charge >= 0.3 is 0 Å². The van der Waals surface area contributed by atoms with Crippen LogP contribution >= 0.6 is 15.9 Å². The minimum Gasteiger partial charge on any atom is -0.380 e. The zero-order valence-corrected chi connectivity index (χ0v) is 11.0. The molecule has 0 N–H and O–H groups in total. The van der Waals surface area contributed by atoms with Crippen molar-refractivity contribution in [2.45, 2.75) is 13.3 Å². The summed E-state index contributed by atoms with van der Waals surface area (Å²) < 4.78 is 6.56. The van der Waals surface area contributed by atoms with Crippen LogP contribution in [0.3, 0.4) is 0 Å². The predicted molar refractivity (Wildman–Crippen MR) is 68.5 cm³/mol. The fraction of sp³-hybridized carbons (Fsp3) is 0.500. The van der Waals surface area contributed by atoms with Gasteiger partial charge in [0.25, 0.3) is 0 Å². The minimum atomic E-state index is 0.792. The highest BCUT2D eigenvalue weighted by molar-refractivity contribution is 9.10. The van der Waals surface area contributed by atoms with Crippen molar-refractivity contribution in [3.05, 3.63) is 28.7 Å². The minimum absolute atomic E-state index is 0.792. The van der Waals surface area contributed by atoms with E-state index in [4.69, 9.17) is 4.74 Å². The van der Waals surface area contributed by atoms with E-state index in [9.17, 15) is 0 Å². The Labute approximate surface area is 100 Å². The standard InChI is InChI=1S/C12H18BrNO/c1-3-9-15-10-8-14(2)12-6-4-11(13)5-7-12/h4-7H,3,8-10H2,1-2H3. The highest BCUT2D eigenvalue weighted by Crippen LogP contribution is 2.16. The predicted octanol–water partition coefficient (Wildman–Crippen LogP) is 3.31. The number of rotatable bonds is 6. The van der Waals surface area contributed by atoms with Crippen molar-refractivity contribution >= 4 is 21.6 Å². The fourth-order valence-electron chi connectivity index (χ4n) is 1.27. The molecule has 0 aromatic heterocycles. The van der Waals surface area contributed by atoms with E-state index in [0.717, 1.165) is 30.7 Å². The Morgan fingerprint density at radius 2 is 1.87 bits per heavy atom. The number of anilines is 1. The highest BCUT2D eigenvalue weighted by Gasteiger charge is 1.99. The Kier molecular flexibility index (Phi) is 5.73. The van der Waals surface area contributed by atoms with Gasteiger partial charge in [-0.2, -0.15) is 0 Å². The molecule has 0 radical (unpaired) electrons. The van der Waals surface area contributed by atoms with Gasteiger partial charge in [0.1, 0.15) is 0 Å². The van der Waals surface area contributed by atoms with Gasteiger partial charge in [-0.1, -0.05) is 22.9 Å². The van der Waals surface area contributed by atoms with Crippen LogP contribution in [0.15, 0.2) is 28.7 Å². The molecule has 0 saturated heterocycles.